The van der Waals surface area contributed by atoms with Gasteiger partial charge in [-0.3, -0.25) is 14.4 Å². The van der Waals surface area contributed by atoms with Crippen molar-refractivity contribution in [3.8, 4) is 5.75 Å². The number of nitrogens with zero attached hydrogens (tertiary/aromatic N) is 2. The van der Waals surface area contributed by atoms with E-state index in [-0.39, 0.29) is 25.3 Å². The molecular weight excluding hydrogens is 447 g/mol. The van der Waals surface area contributed by atoms with E-state index in [1.807, 2.05) is 6.07 Å². The summed E-state index contributed by atoms with van der Waals surface area (Å²) in [6.45, 7) is -0.291. The summed E-state index contributed by atoms with van der Waals surface area (Å²) in [6, 6.07) is 19.8. The monoisotopic (exact) mass is 466 g/mol. The Labute approximate surface area is 195 Å². The van der Waals surface area contributed by atoms with Gasteiger partial charge in [-0.25, -0.2) is 9.29 Å². The number of carbonyl (C=O) groups excluding carboxylic acids is 3. The highest BCUT2D eigenvalue weighted by Crippen LogP contribution is 2.28. The van der Waals surface area contributed by atoms with Gasteiger partial charge in [0.15, 0.2) is 6.61 Å². The van der Waals surface area contributed by atoms with E-state index in [0.717, 1.165) is 4.90 Å². The first kappa shape index (κ1) is 22.5. The van der Waals surface area contributed by atoms with Gasteiger partial charge in [0.05, 0.1) is 12.1 Å². The van der Waals surface area contributed by atoms with Gasteiger partial charge in [0.1, 0.15) is 17.6 Å². The molecule has 0 saturated carbocycles. The van der Waals surface area contributed by atoms with Crippen molar-refractivity contribution < 1.29 is 23.5 Å². The second-order valence-electron chi connectivity index (χ2n) is 7.48. The van der Waals surface area contributed by atoms with Crippen molar-refractivity contribution in [1.29, 1.82) is 0 Å². The van der Waals surface area contributed by atoms with Crippen LogP contribution in [0.5, 0.6) is 5.75 Å². The smallest absolute Gasteiger partial charge is 0.261 e. The van der Waals surface area contributed by atoms with Crippen molar-refractivity contribution in [2.45, 2.75) is 19.0 Å². The van der Waals surface area contributed by atoms with Crippen molar-refractivity contribution >= 4 is 35.0 Å². The average Bonchev–Trinajstić information content (AvgIpc) is 3.11. The van der Waals surface area contributed by atoms with Crippen molar-refractivity contribution in [1.82, 2.24) is 4.90 Å². The van der Waals surface area contributed by atoms with Crippen LogP contribution in [0, 0.1) is 5.82 Å². The van der Waals surface area contributed by atoms with E-state index in [2.05, 4.69) is 0 Å². The maximum Gasteiger partial charge on any atom is 0.261 e. The summed E-state index contributed by atoms with van der Waals surface area (Å²) in [5.74, 6) is -1.48. The highest BCUT2D eigenvalue weighted by atomic mass is 35.5. The number of imide groups is 1. The van der Waals surface area contributed by atoms with Crippen LogP contribution in [0.4, 0.5) is 10.1 Å². The third kappa shape index (κ3) is 5.04. The molecule has 0 spiro atoms. The molecule has 1 saturated heterocycles. The number of rotatable bonds is 7. The molecule has 1 atom stereocenters. The second kappa shape index (κ2) is 9.83. The Bertz CT molecular complexity index is 1170. The maximum atomic E-state index is 13.3. The van der Waals surface area contributed by atoms with Crippen molar-refractivity contribution in [3.63, 3.8) is 0 Å². The van der Waals surface area contributed by atoms with Crippen LogP contribution in [0.25, 0.3) is 0 Å². The first-order chi connectivity index (χ1) is 15.9. The molecule has 0 bridgehead atoms. The standard InChI is InChI=1S/C25H20ClFN2O4/c26-21-9-5-4-6-17(21)15-28(24(31)16-33-20-7-2-1-3-8-20)22-14-23(30)29(25(22)32)19-12-10-18(27)11-13-19/h1-13,22H,14-16H2. The van der Waals surface area contributed by atoms with E-state index in [9.17, 15) is 18.8 Å². The number of hydrogen-bond donors (Lipinski definition) is 0. The van der Waals surface area contributed by atoms with Crippen molar-refractivity contribution in [3.05, 3.63) is 95.3 Å². The molecule has 0 aromatic heterocycles. The largest absolute Gasteiger partial charge is 0.484 e. The van der Waals surface area contributed by atoms with E-state index >= 15 is 0 Å². The normalized spacial score (nSPS) is 15.6. The van der Waals surface area contributed by atoms with Crippen LogP contribution in [-0.4, -0.2) is 35.3 Å². The van der Waals surface area contributed by atoms with Gasteiger partial charge in [-0.15, -0.1) is 0 Å². The van der Waals surface area contributed by atoms with E-state index in [1.54, 1.807) is 48.5 Å². The summed E-state index contributed by atoms with van der Waals surface area (Å²) < 4.78 is 18.9. The molecule has 0 N–H and O–H groups in total. The lowest BCUT2D eigenvalue weighted by atomic mass is 10.1. The number of para-hydroxylation sites is 1. The zero-order chi connectivity index (χ0) is 23.4. The Morgan fingerprint density at radius 1 is 1.00 bits per heavy atom. The molecule has 1 heterocycles. The third-order valence-electron chi connectivity index (χ3n) is 5.31. The Kier molecular flexibility index (Phi) is 6.70. The molecule has 0 radical (unpaired) electrons. The first-order valence-corrected chi connectivity index (χ1v) is 10.6. The van der Waals surface area contributed by atoms with Crippen LogP contribution in [0.3, 0.4) is 0 Å². The van der Waals surface area contributed by atoms with Crippen LogP contribution in [0.15, 0.2) is 78.9 Å². The summed E-state index contributed by atoms with van der Waals surface area (Å²) in [5, 5.41) is 0.437. The molecule has 6 nitrogen and oxygen atoms in total. The zero-order valence-corrected chi connectivity index (χ0v) is 18.2. The van der Waals surface area contributed by atoms with E-state index in [4.69, 9.17) is 16.3 Å². The fraction of sp³-hybridized carbons (Fsp3) is 0.160. The second-order valence-corrected chi connectivity index (χ2v) is 7.89. The quantitative estimate of drug-likeness (QED) is 0.489. The fourth-order valence-corrected chi connectivity index (χ4v) is 3.84. The number of hydrogen-bond acceptors (Lipinski definition) is 4. The summed E-state index contributed by atoms with van der Waals surface area (Å²) >= 11 is 6.29. The maximum absolute atomic E-state index is 13.3. The Balaban J connectivity index is 1.60. The number of carbonyl (C=O) groups is 3. The molecule has 0 aliphatic carbocycles. The van der Waals surface area contributed by atoms with Gasteiger partial charge in [-0.05, 0) is 48.0 Å². The molecule has 8 heteroatoms. The number of ether oxygens (including phenoxy) is 1. The van der Waals surface area contributed by atoms with Crippen LogP contribution >= 0.6 is 11.6 Å². The lowest BCUT2D eigenvalue weighted by molar-refractivity contribution is -0.140. The minimum Gasteiger partial charge on any atom is -0.484 e. The topological polar surface area (TPSA) is 66.9 Å². The SMILES string of the molecule is O=C1CC(N(Cc2ccccc2Cl)C(=O)COc2ccccc2)C(=O)N1c1ccc(F)cc1. The number of benzene rings is 3. The van der Waals surface area contributed by atoms with Crippen LogP contribution in [0.1, 0.15) is 12.0 Å². The Hall–Kier alpha value is -3.71. The zero-order valence-electron chi connectivity index (χ0n) is 17.5. The van der Waals surface area contributed by atoms with E-state index in [0.29, 0.717) is 16.3 Å². The number of amides is 3. The van der Waals surface area contributed by atoms with Gasteiger partial charge in [-0.1, -0.05) is 48.0 Å². The van der Waals surface area contributed by atoms with Crippen molar-refractivity contribution in [2.75, 3.05) is 11.5 Å². The van der Waals surface area contributed by atoms with Gasteiger partial charge in [0.2, 0.25) is 5.91 Å². The molecule has 168 valence electrons. The minimum atomic E-state index is -1.04. The molecule has 1 aliphatic rings. The average molecular weight is 467 g/mol. The summed E-state index contributed by atoms with van der Waals surface area (Å²) in [7, 11) is 0. The van der Waals surface area contributed by atoms with Gasteiger partial charge >= 0.3 is 0 Å². The number of anilines is 1. The van der Waals surface area contributed by atoms with Gasteiger partial charge in [0, 0.05) is 11.6 Å². The fourth-order valence-electron chi connectivity index (χ4n) is 3.65. The van der Waals surface area contributed by atoms with Gasteiger partial charge < -0.3 is 9.64 Å². The molecule has 4 rings (SSSR count). The summed E-state index contributed by atoms with van der Waals surface area (Å²) in [6.07, 6.45) is -0.197. The third-order valence-corrected chi connectivity index (χ3v) is 5.68. The predicted octanol–water partition coefficient (Wildman–Crippen LogP) is 4.22. The Morgan fingerprint density at radius 3 is 2.36 bits per heavy atom. The number of halogens is 2. The lowest BCUT2D eigenvalue weighted by Crippen LogP contribution is -2.46. The first-order valence-electron chi connectivity index (χ1n) is 10.3. The summed E-state index contributed by atoms with van der Waals surface area (Å²) in [4.78, 5) is 41.4. The molecule has 33 heavy (non-hydrogen) atoms. The molecule has 1 unspecified atom stereocenters. The molecular formula is C25H20ClFN2O4. The highest BCUT2D eigenvalue weighted by Gasteiger charge is 2.44. The van der Waals surface area contributed by atoms with Crippen LogP contribution < -0.4 is 9.64 Å². The molecule has 3 aromatic carbocycles. The van der Waals surface area contributed by atoms with Gasteiger partial charge in [-0.2, -0.15) is 0 Å². The van der Waals surface area contributed by atoms with E-state index < -0.39 is 29.6 Å². The van der Waals surface area contributed by atoms with Gasteiger partial charge in [0.25, 0.3) is 11.8 Å². The predicted molar refractivity (Wildman–Crippen MR) is 121 cm³/mol. The minimum absolute atomic E-state index is 0.0254. The van der Waals surface area contributed by atoms with E-state index in [1.165, 1.54) is 29.2 Å². The van der Waals surface area contributed by atoms with Crippen molar-refractivity contribution in [2.24, 2.45) is 0 Å². The lowest BCUT2D eigenvalue weighted by Gasteiger charge is -2.28. The molecule has 3 amide bonds. The van der Waals surface area contributed by atoms with Crippen LogP contribution in [0.2, 0.25) is 5.02 Å². The molecule has 1 aliphatic heterocycles. The highest BCUT2D eigenvalue weighted by molar-refractivity contribution is 6.31. The molecule has 1 fully saturated rings. The van der Waals surface area contributed by atoms with Crippen LogP contribution in [-0.2, 0) is 20.9 Å². The Morgan fingerprint density at radius 2 is 1.67 bits per heavy atom. The molecule has 3 aromatic rings. The summed E-state index contributed by atoms with van der Waals surface area (Å²) in [5.41, 5.74) is 0.882.